The first kappa shape index (κ1) is 37.7. The molecule has 2 atom stereocenters. The summed E-state index contributed by atoms with van der Waals surface area (Å²) < 4.78 is 18.1. The molecule has 0 fully saturated rings. The van der Waals surface area contributed by atoms with E-state index >= 15 is 0 Å². The molecule has 224 valence electrons. The normalized spacial score (nSPS) is 14.3. The first-order chi connectivity index (χ1) is 17.9. The molecule has 0 unspecified atom stereocenters. The van der Waals surface area contributed by atoms with Crippen LogP contribution in [0.3, 0.4) is 0 Å². The zero-order valence-electron chi connectivity index (χ0n) is 27.5. The van der Waals surface area contributed by atoms with Crippen LogP contribution < -0.4 is 0 Å². The molecule has 0 heterocycles. The highest BCUT2D eigenvalue weighted by Crippen LogP contribution is 2.38. The number of unbranched alkanes of at least 4 members (excludes halogenated alkanes) is 7. The number of esters is 1. The van der Waals surface area contributed by atoms with E-state index in [1.807, 2.05) is 0 Å². The van der Waals surface area contributed by atoms with Gasteiger partial charge in [0.2, 0.25) is 0 Å². The number of allylic oxidation sites excluding steroid dienone is 1. The molecule has 0 N–H and O–H groups in total. The van der Waals surface area contributed by atoms with Crippen molar-refractivity contribution in [2.24, 2.45) is 0 Å². The smallest absolute Gasteiger partial charge is 0.302 e. The monoisotopic (exact) mass is 576 g/mol. The SMILES string of the molecule is CC[C@@H](C#CC#C[C@H](/C=C/CCCCCCCCCOC(C)=O)O[Si](C)(C)C(C)(C)C)O[Si](C)(C)C(C)(C)C. The van der Waals surface area contributed by atoms with Crippen LogP contribution in [-0.2, 0) is 18.4 Å². The van der Waals surface area contributed by atoms with Crippen molar-refractivity contribution < 1.29 is 18.4 Å². The van der Waals surface area contributed by atoms with Crippen molar-refractivity contribution in [3.8, 4) is 23.7 Å². The number of carbonyl (C=O) groups is 1. The van der Waals surface area contributed by atoms with Crippen molar-refractivity contribution in [3.63, 3.8) is 0 Å². The summed E-state index contributed by atoms with van der Waals surface area (Å²) in [6.45, 7) is 26.8. The van der Waals surface area contributed by atoms with Crippen LogP contribution in [0, 0.1) is 23.7 Å². The molecule has 6 heteroatoms. The van der Waals surface area contributed by atoms with Gasteiger partial charge in [-0.1, -0.05) is 98.5 Å². The second kappa shape index (κ2) is 18.2. The van der Waals surface area contributed by atoms with Crippen LogP contribution in [0.15, 0.2) is 12.2 Å². The molecule has 0 radical (unpaired) electrons. The summed E-state index contributed by atoms with van der Waals surface area (Å²) in [6.07, 6.45) is 14.1. The van der Waals surface area contributed by atoms with Crippen LogP contribution in [0.1, 0.15) is 113 Å². The molecule has 4 nitrogen and oxygen atoms in total. The molecule has 0 aliphatic heterocycles. The number of ether oxygens (including phenoxy) is 1. The lowest BCUT2D eigenvalue weighted by Gasteiger charge is -2.37. The van der Waals surface area contributed by atoms with Gasteiger partial charge in [0.05, 0.1) is 6.61 Å². The zero-order valence-corrected chi connectivity index (χ0v) is 29.5. The Morgan fingerprint density at radius 3 is 1.77 bits per heavy atom. The van der Waals surface area contributed by atoms with E-state index in [4.69, 9.17) is 13.6 Å². The first-order valence-corrected chi connectivity index (χ1v) is 20.9. The van der Waals surface area contributed by atoms with Crippen LogP contribution in [0.25, 0.3) is 0 Å². The van der Waals surface area contributed by atoms with Gasteiger partial charge in [-0.3, -0.25) is 4.79 Å². The summed E-state index contributed by atoms with van der Waals surface area (Å²) in [5.74, 6) is 12.5. The van der Waals surface area contributed by atoms with E-state index in [1.165, 1.54) is 39.0 Å². The van der Waals surface area contributed by atoms with Crippen molar-refractivity contribution in [3.05, 3.63) is 12.2 Å². The summed E-state index contributed by atoms with van der Waals surface area (Å²) in [5.41, 5.74) is 0. The highest BCUT2D eigenvalue weighted by Gasteiger charge is 2.39. The van der Waals surface area contributed by atoms with Gasteiger partial charge in [0.25, 0.3) is 0 Å². The van der Waals surface area contributed by atoms with E-state index in [-0.39, 0.29) is 28.3 Å². The first-order valence-electron chi connectivity index (χ1n) is 15.1. The molecule has 0 saturated carbocycles. The third-order valence-corrected chi connectivity index (χ3v) is 16.9. The largest absolute Gasteiger partial charge is 0.466 e. The fourth-order valence-corrected chi connectivity index (χ4v) is 5.68. The average molecular weight is 577 g/mol. The molecule has 0 aromatic rings. The summed E-state index contributed by atoms with van der Waals surface area (Å²) in [4.78, 5) is 10.8. The van der Waals surface area contributed by atoms with E-state index in [0.717, 1.165) is 25.7 Å². The maximum atomic E-state index is 10.8. The van der Waals surface area contributed by atoms with Crippen LogP contribution in [-0.4, -0.2) is 41.4 Å². The predicted molar refractivity (Wildman–Crippen MR) is 173 cm³/mol. The zero-order chi connectivity index (χ0) is 30.2. The van der Waals surface area contributed by atoms with E-state index < -0.39 is 16.6 Å². The van der Waals surface area contributed by atoms with E-state index in [9.17, 15) is 4.79 Å². The van der Waals surface area contributed by atoms with Crippen molar-refractivity contribution in [2.45, 2.75) is 162 Å². The molecule has 39 heavy (non-hydrogen) atoms. The molecule has 0 bridgehead atoms. The molecule has 0 rings (SSSR count). The minimum atomic E-state index is -1.96. The lowest BCUT2D eigenvalue weighted by Crippen LogP contribution is -2.43. The minimum Gasteiger partial charge on any atom is -0.466 e. The number of carbonyl (C=O) groups excluding carboxylic acids is 1. The quantitative estimate of drug-likeness (QED) is 0.0603. The average Bonchev–Trinajstić information content (AvgIpc) is 2.79. The van der Waals surface area contributed by atoms with Gasteiger partial charge in [-0.15, -0.1) is 0 Å². The van der Waals surface area contributed by atoms with Gasteiger partial charge in [0, 0.05) is 6.92 Å². The third-order valence-electron chi connectivity index (χ3n) is 7.98. The molecule has 0 saturated heterocycles. The van der Waals surface area contributed by atoms with Crippen LogP contribution in [0.2, 0.25) is 36.3 Å². The van der Waals surface area contributed by atoms with Gasteiger partial charge >= 0.3 is 5.97 Å². The maximum Gasteiger partial charge on any atom is 0.302 e. The Labute approximate surface area is 244 Å². The minimum absolute atomic E-state index is 0.0793. The standard InChI is InChI=1S/C33H60O4Si2/c1-13-30(36-38(9,10)32(3,4)5)25-22-23-27-31(37-39(11,12)33(6,7)8)26-21-19-17-15-14-16-18-20-24-28-35-29(2)34/h21,26,30-31H,13-20,24,28H2,1-12H3/b26-21+/t30-,31-/m0/s1. The molecule has 0 aromatic carbocycles. The summed E-state index contributed by atoms with van der Waals surface area (Å²) in [6, 6.07) is 0. The molecule has 0 aliphatic carbocycles. The number of rotatable bonds is 16. The van der Waals surface area contributed by atoms with Gasteiger partial charge in [0.15, 0.2) is 16.6 Å². The third kappa shape index (κ3) is 17.2. The number of hydrogen-bond donors (Lipinski definition) is 0. The van der Waals surface area contributed by atoms with Crippen LogP contribution >= 0.6 is 0 Å². The highest BCUT2D eigenvalue weighted by atomic mass is 28.4. The predicted octanol–water partition coefficient (Wildman–Crippen LogP) is 9.42. The van der Waals surface area contributed by atoms with E-state index in [0.29, 0.717) is 6.61 Å². The molecule has 0 amide bonds. The Kier molecular flexibility index (Phi) is 17.6. The number of hydrogen-bond acceptors (Lipinski definition) is 4. The lowest BCUT2D eigenvalue weighted by molar-refractivity contribution is -0.141. The van der Waals surface area contributed by atoms with Crippen LogP contribution in [0.5, 0.6) is 0 Å². The Bertz CT molecular complexity index is 855. The van der Waals surface area contributed by atoms with E-state index in [1.54, 1.807) is 0 Å². The van der Waals surface area contributed by atoms with Crippen molar-refractivity contribution in [1.82, 2.24) is 0 Å². The van der Waals surface area contributed by atoms with Gasteiger partial charge in [-0.2, -0.15) is 0 Å². The maximum absolute atomic E-state index is 10.8. The van der Waals surface area contributed by atoms with Crippen LogP contribution in [0.4, 0.5) is 0 Å². The Morgan fingerprint density at radius 1 is 0.769 bits per heavy atom. The molecule has 0 aliphatic rings. The second-order valence-corrected chi connectivity index (χ2v) is 23.2. The van der Waals surface area contributed by atoms with E-state index in [2.05, 4.69) is 110 Å². The van der Waals surface area contributed by atoms with Gasteiger partial charge in [0.1, 0.15) is 12.2 Å². The fraction of sp³-hybridized carbons (Fsp3) is 0.788. The lowest BCUT2D eigenvalue weighted by atomic mass is 10.1. The topological polar surface area (TPSA) is 44.8 Å². The Morgan fingerprint density at radius 2 is 1.26 bits per heavy atom. The van der Waals surface area contributed by atoms with Crippen molar-refractivity contribution in [1.29, 1.82) is 0 Å². The molecule has 0 spiro atoms. The molecular weight excluding hydrogens is 517 g/mol. The van der Waals surface area contributed by atoms with Gasteiger partial charge < -0.3 is 13.6 Å². The summed E-state index contributed by atoms with van der Waals surface area (Å²) in [5, 5.41) is 0.280. The Balaban J connectivity index is 4.97. The van der Waals surface area contributed by atoms with Crippen molar-refractivity contribution in [2.75, 3.05) is 6.61 Å². The summed E-state index contributed by atoms with van der Waals surface area (Å²) >= 11 is 0. The van der Waals surface area contributed by atoms with Crippen molar-refractivity contribution >= 4 is 22.6 Å². The fourth-order valence-electron chi connectivity index (χ4n) is 3.27. The Hall–Kier alpha value is -1.32. The van der Waals surface area contributed by atoms with Gasteiger partial charge in [-0.25, -0.2) is 0 Å². The molecule has 0 aromatic heterocycles. The second-order valence-electron chi connectivity index (χ2n) is 13.6. The molecular formula is C33H60O4Si2. The summed E-state index contributed by atoms with van der Waals surface area (Å²) in [7, 11) is -3.83. The highest BCUT2D eigenvalue weighted by molar-refractivity contribution is 6.74. The van der Waals surface area contributed by atoms with Gasteiger partial charge in [-0.05, 0) is 79.9 Å².